The molecule has 1 aliphatic heterocycles. The molecule has 1 aromatic heterocycles. The summed E-state index contributed by atoms with van der Waals surface area (Å²) >= 11 is 0. The number of benzene rings is 2. The molecule has 3 aromatic rings. The Morgan fingerprint density at radius 1 is 1.04 bits per heavy atom. The van der Waals surface area contributed by atoms with Crippen LogP contribution in [0.4, 0.5) is 0 Å². The third kappa shape index (κ3) is 4.08. The second kappa shape index (κ2) is 7.35. The summed E-state index contributed by atoms with van der Waals surface area (Å²) < 4.78 is 7.89. The zero-order chi connectivity index (χ0) is 18.7. The highest BCUT2D eigenvalue weighted by Crippen LogP contribution is 2.33. The Morgan fingerprint density at radius 3 is 2.74 bits per heavy atom. The summed E-state index contributed by atoms with van der Waals surface area (Å²) in [6.45, 7) is 4.91. The molecular formula is C22H24N4O. The van der Waals surface area contributed by atoms with Crippen LogP contribution in [0.5, 0.6) is 5.75 Å². The SMILES string of the molecule is CC1(C)C=Cc2cc(-c3nnnn3CCCCc3ccccc3)ccc2O1. The van der Waals surface area contributed by atoms with E-state index in [2.05, 4.69) is 77.9 Å². The maximum atomic E-state index is 6.00. The number of aryl methyl sites for hydroxylation is 2. The lowest BCUT2D eigenvalue weighted by atomic mass is 10.0. The van der Waals surface area contributed by atoms with Gasteiger partial charge in [0.15, 0.2) is 5.82 Å². The molecule has 1 aliphatic rings. The molecule has 2 heterocycles. The van der Waals surface area contributed by atoms with Crippen LogP contribution in [0.15, 0.2) is 54.6 Å². The van der Waals surface area contributed by atoms with Crippen LogP contribution in [0.25, 0.3) is 17.5 Å². The molecule has 0 amide bonds. The van der Waals surface area contributed by atoms with Gasteiger partial charge in [-0.25, -0.2) is 4.68 Å². The summed E-state index contributed by atoms with van der Waals surface area (Å²) in [6, 6.07) is 16.7. The molecule has 138 valence electrons. The highest BCUT2D eigenvalue weighted by molar-refractivity contribution is 5.68. The van der Waals surface area contributed by atoms with Crippen molar-refractivity contribution < 1.29 is 4.74 Å². The number of aromatic nitrogens is 4. The van der Waals surface area contributed by atoms with Gasteiger partial charge in [-0.05, 0) is 73.4 Å². The molecule has 0 atom stereocenters. The summed E-state index contributed by atoms with van der Waals surface area (Å²) in [5.74, 6) is 1.70. The van der Waals surface area contributed by atoms with E-state index in [1.807, 2.05) is 16.8 Å². The Bertz CT molecular complexity index is 944. The van der Waals surface area contributed by atoms with Crippen molar-refractivity contribution in [2.24, 2.45) is 0 Å². The molecule has 0 aliphatic carbocycles. The van der Waals surface area contributed by atoms with Gasteiger partial charge in [0.25, 0.3) is 0 Å². The predicted molar refractivity (Wildman–Crippen MR) is 106 cm³/mol. The van der Waals surface area contributed by atoms with Gasteiger partial charge < -0.3 is 4.74 Å². The minimum atomic E-state index is -0.269. The third-order valence-electron chi connectivity index (χ3n) is 4.77. The minimum Gasteiger partial charge on any atom is -0.483 e. The van der Waals surface area contributed by atoms with Gasteiger partial charge in [-0.15, -0.1) is 5.10 Å². The molecule has 0 saturated heterocycles. The van der Waals surface area contributed by atoms with Crippen molar-refractivity contribution in [3.8, 4) is 17.1 Å². The van der Waals surface area contributed by atoms with Gasteiger partial charge in [-0.3, -0.25) is 0 Å². The zero-order valence-corrected chi connectivity index (χ0v) is 15.8. The number of hydrogen-bond donors (Lipinski definition) is 0. The number of fused-ring (bicyclic) bond motifs is 1. The summed E-state index contributed by atoms with van der Waals surface area (Å²) in [7, 11) is 0. The smallest absolute Gasteiger partial charge is 0.182 e. The molecule has 0 saturated carbocycles. The van der Waals surface area contributed by atoms with Crippen molar-refractivity contribution >= 4 is 6.08 Å². The van der Waals surface area contributed by atoms with Crippen LogP contribution >= 0.6 is 0 Å². The van der Waals surface area contributed by atoms with E-state index >= 15 is 0 Å². The van der Waals surface area contributed by atoms with E-state index in [0.29, 0.717) is 0 Å². The van der Waals surface area contributed by atoms with Crippen molar-refractivity contribution in [1.82, 2.24) is 20.2 Å². The molecule has 5 nitrogen and oxygen atoms in total. The topological polar surface area (TPSA) is 52.8 Å². The van der Waals surface area contributed by atoms with Crippen LogP contribution in [0.1, 0.15) is 37.8 Å². The number of nitrogens with zero attached hydrogens (tertiary/aromatic N) is 4. The fraction of sp³-hybridized carbons (Fsp3) is 0.318. The fourth-order valence-electron chi connectivity index (χ4n) is 3.32. The van der Waals surface area contributed by atoms with Crippen LogP contribution in [0.2, 0.25) is 0 Å². The molecule has 0 spiro atoms. The van der Waals surface area contributed by atoms with Gasteiger partial charge in [0, 0.05) is 17.7 Å². The number of unbranched alkanes of at least 4 members (excludes halogenated alkanes) is 1. The molecule has 27 heavy (non-hydrogen) atoms. The van der Waals surface area contributed by atoms with Crippen molar-refractivity contribution in [2.45, 2.75) is 45.3 Å². The summed E-state index contributed by atoms with van der Waals surface area (Å²) in [5.41, 5.74) is 3.17. The number of rotatable bonds is 6. The third-order valence-corrected chi connectivity index (χ3v) is 4.77. The highest BCUT2D eigenvalue weighted by Gasteiger charge is 2.22. The lowest BCUT2D eigenvalue weighted by Crippen LogP contribution is -2.27. The molecule has 0 bridgehead atoms. The van der Waals surface area contributed by atoms with E-state index in [-0.39, 0.29) is 5.60 Å². The van der Waals surface area contributed by atoms with Gasteiger partial charge in [0.2, 0.25) is 0 Å². The first-order chi connectivity index (χ1) is 13.1. The predicted octanol–water partition coefficient (Wildman–Crippen LogP) is 4.55. The Kier molecular flexibility index (Phi) is 4.75. The van der Waals surface area contributed by atoms with Crippen molar-refractivity contribution in [1.29, 1.82) is 0 Å². The van der Waals surface area contributed by atoms with Gasteiger partial charge in [0.1, 0.15) is 11.4 Å². The maximum Gasteiger partial charge on any atom is 0.182 e. The lowest BCUT2D eigenvalue weighted by molar-refractivity contribution is 0.159. The Balaban J connectivity index is 1.43. The largest absolute Gasteiger partial charge is 0.483 e. The first kappa shape index (κ1) is 17.5. The van der Waals surface area contributed by atoms with E-state index in [0.717, 1.165) is 48.5 Å². The normalized spacial score (nSPS) is 14.6. The molecule has 0 N–H and O–H groups in total. The van der Waals surface area contributed by atoms with Crippen molar-refractivity contribution in [2.75, 3.05) is 0 Å². The summed E-state index contributed by atoms with van der Waals surface area (Å²) in [6.07, 6.45) is 7.41. The molecule has 4 rings (SSSR count). The van der Waals surface area contributed by atoms with E-state index in [1.165, 1.54) is 5.56 Å². The highest BCUT2D eigenvalue weighted by atomic mass is 16.5. The molecule has 0 radical (unpaired) electrons. The van der Waals surface area contributed by atoms with E-state index < -0.39 is 0 Å². The first-order valence-corrected chi connectivity index (χ1v) is 9.43. The molecule has 0 fully saturated rings. The van der Waals surface area contributed by atoms with Crippen LogP contribution in [0, 0.1) is 0 Å². The van der Waals surface area contributed by atoms with Gasteiger partial charge >= 0.3 is 0 Å². The van der Waals surface area contributed by atoms with Gasteiger partial charge in [0.05, 0.1) is 0 Å². The van der Waals surface area contributed by atoms with Crippen molar-refractivity contribution in [3.05, 3.63) is 65.7 Å². The second-order valence-electron chi connectivity index (χ2n) is 7.46. The molecular weight excluding hydrogens is 336 g/mol. The van der Waals surface area contributed by atoms with Crippen LogP contribution < -0.4 is 4.74 Å². The number of tetrazole rings is 1. The standard InChI is InChI=1S/C22H24N4O/c1-22(2)14-13-18-16-19(11-12-20(18)27-22)21-23-24-25-26(21)15-7-6-10-17-8-4-3-5-9-17/h3-5,8-9,11-14,16H,6-7,10,15H2,1-2H3. The molecule has 0 unspecified atom stereocenters. The molecule has 2 aromatic carbocycles. The first-order valence-electron chi connectivity index (χ1n) is 9.43. The quantitative estimate of drug-likeness (QED) is 0.605. The number of ether oxygens (including phenoxy) is 1. The molecule has 5 heteroatoms. The maximum absolute atomic E-state index is 6.00. The minimum absolute atomic E-state index is 0.269. The van der Waals surface area contributed by atoms with E-state index in [9.17, 15) is 0 Å². The summed E-state index contributed by atoms with van der Waals surface area (Å²) in [5, 5.41) is 12.3. The average Bonchev–Trinajstić information content (AvgIpc) is 3.13. The zero-order valence-electron chi connectivity index (χ0n) is 15.8. The Hall–Kier alpha value is -2.95. The fourth-order valence-corrected chi connectivity index (χ4v) is 3.32. The summed E-state index contributed by atoms with van der Waals surface area (Å²) in [4.78, 5) is 0. The monoisotopic (exact) mass is 360 g/mol. The number of hydrogen-bond acceptors (Lipinski definition) is 4. The Labute approximate surface area is 159 Å². The van der Waals surface area contributed by atoms with E-state index in [4.69, 9.17) is 4.74 Å². The Morgan fingerprint density at radius 2 is 1.89 bits per heavy atom. The van der Waals surface area contributed by atoms with Gasteiger partial charge in [-0.2, -0.15) is 0 Å². The van der Waals surface area contributed by atoms with Gasteiger partial charge in [-0.1, -0.05) is 36.4 Å². The van der Waals surface area contributed by atoms with Crippen LogP contribution in [-0.2, 0) is 13.0 Å². The lowest BCUT2D eigenvalue weighted by Gasteiger charge is -2.27. The van der Waals surface area contributed by atoms with E-state index in [1.54, 1.807) is 0 Å². The average molecular weight is 360 g/mol. The van der Waals surface area contributed by atoms with Crippen LogP contribution in [-0.4, -0.2) is 25.8 Å². The second-order valence-corrected chi connectivity index (χ2v) is 7.46. The van der Waals surface area contributed by atoms with Crippen LogP contribution in [0.3, 0.4) is 0 Å². The van der Waals surface area contributed by atoms with Crippen molar-refractivity contribution in [3.63, 3.8) is 0 Å².